The average molecular weight is 516 g/mol. The summed E-state index contributed by atoms with van der Waals surface area (Å²) >= 11 is 0. The van der Waals surface area contributed by atoms with Crippen molar-refractivity contribution in [2.24, 2.45) is 5.92 Å². The van der Waals surface area contributed by atoms with E-state index in [1.807, 2.05) is 17.0 Å². The van der Waals surface area contributed by atoms with Crippen LogP contribution in [0.2, 0.25) is 0 Å². The fourth-order valence-electron chi connectivity index (χ4n) is 4.26. The van der Waals surface area contributed by atoms with Crippen molar-refractivity contribution in [2.75, 3.05) is 54.4 Å². The number of benzene rings is 1. The Labute approximate surface area is 204 Å². The first-order valence-electron chi connectivity index (χ1n) is 11.6. The number of hydrogen-bond donors (Lipinski definition) is 1. The van der Waals surface area contributed by atoms with Crippen LogP contribution in [-0.2, 0) is 12.4 Å². The fourth-order valence-corrected chi connectivity index (χ4v) is 4.26. The van der Waals surface area contributed by atoms with E-state index in [4.69, 9.17) is 0 Å². The molecule has 196 valence electrons. The summed E-state index contributed by atoms with van der Waals surface area (Å²) in [6.45, 7) is 5.29. The molecule has 3 heterocycles. The van der Waals surface area contributed by atoms with Gasteiger partial charge in [-0.05, 0) is 49.1 Å². The summed E-state index contributed by atoms with van der Waals surface area (Å²) in [7, 11) is 0. The number of piperazine rings is 1. The van der Waals surface area contributed by atoms with Crippen molar-refractivity contribution in [1.29, 1.82) is 0 Å². The lowest BCUT2D eigenvalue weighted by atomic mass is 9.99. The second-order valence-corrected chi connectivity index (χ2v) is 9.12. The van der Waals surface area contributed by atoms with Crippen molar-refractivity contribution in [3.05, 3.63) is 41.5 Å². The zero-order valence-electron chi connectivity index (χ0n) is 19.5. The highest BCUT2D eigenvalue weighted by molar-refractivity contribution is 5.89. The Morgan fingerprint density at radius 3 is 1.72 bits per heavy atom. The van der Waals surface area contributed by atoms with E-state index in [1.165, 1.54) is 4.90 Å². The molecular weight excluding hydrogens is 490 g/mol. The Morgan fingerprint density at radius 1 is 0.806 bits per heavy atom. The zero-order chi connectivity index (χ0) is 26.1. The molecule has 2 fully saturated rings. The lowest BCUT2D eigenvalue weighted by Gasteiger charge is -2.35. The molecule has 0 bridgehead atoms. The van der Waals surface area contributed by atoms with Crippen molar-refractivity contribution < 1.29 is 31.1 Å². The topological polar surface area (TPSA) is 64.6 Å². The van der Waals surface area contributed by atoms with Crippen molar-refractivity contribution in [3.8, 4) is 0 Å². The van der Waals surface area contributed by atoms with Crippen LogP contribution < -0.4 is 15.1 Å². The van der Waals surface area contributed by atoms with Gasteiger partial charge < -0.3 is 20.0 Å². The highest BCUT2D eigenvalue weighted by Crippen LogP contribution is 2.37. The first kappa shape index (κ1) is 25.8. The Hall–Kier alpha value is -3.25. The van der Waals surface area contributed by atoms with Gasteiger partial charge in [-0.3, -0.25) is 0 Å². The molecule has 1 aromatic heterocycles. The fraction of sp³-hybridized carbons (Fsp3) is 0.522. The van der Waals surface area contributed by atoms with Gasteiger partial charge in [0.25, 0.3) is 0 Å². The largest absolute Gasteiger partial charge is 0.416 e. The van der Waals surface area contributed by atoms with E-state index in [0.717, 1.165) is 31.7 Å². The molecule has 36 heavy (non-hydrogen) atoms. The molecular formula is C23H26F6N6O. The number of aromatic nitrogens is 2. The lowest BCUT2D eigenvalue weighted by Crippen LogP contribution is -2.50. The van der Waals surface area contributed by atoms with Gasteiger partial charge in [0.2, 0.25) is 0 Å². The molecule has 0 aliphatic carbocycles. The quantitative estimate of drug-likeness (QED) is 0.575. The molecule has 0 unspecified atom stereocenters. The summed E-state index contributed by atoms with van der Waals surface area (Å²) in [4.78, 5) is 18.0. The van der Waals surface area contributed by atoms with Gasteiger partial charge in [0.1, 0.15) is 0 Å². The number of hydrogen-bond acceptors (Lipinski definition) is 5. The number of carbonyl (C=O) groups is 1. The van der Waals surface area contributed by atoms with Crippen LogP contribution in [0.4, 0.5) is 48.5 Å². The Balaban J connectivity index is 1.36. The van der Waals surface area contributed by atoms with Crippen LogP contribution in [-0.4, -0.2) is 60.4 Å². The molecule has 4 rings (SSSR count). The number of carbonyl (C=O) groups excluding carboxylic acids is 1. The molecule has 7 nitrogen and oxygen atoms in total. The minimum Gasteiger partial charge on any atom is -0.355 e. The van der Waals surface area contributed by atoms with Crippen LogP contribution >= 0.6 is 0 Å². The van der Waals surface area contributed by atoms with Crippen LogP contribution in [0, 0.1) is 5.92 Å². The van der Waals surface area contributed by atoms with Crippen LogP contribution in [0.1, 0.15) is 30.9 Å². The summed E-state index contributed by atoms with van der Waals surface area (Å²) in [5.41, 5.74) is -3.55. The number of rotatable bonds is 3. The van der Waals surface area contributed by atoms with Crippen LogP contribution in [0.25, 0.3) is 0 Å². The summed E-state index contributed by atoms with van der Waals surface area (Å²) < 4.78 is 78.4. The second kappa shape index (κ2) is 10.0. The minimum absolute atomic E-state index is 0.0204. The molecule has 2 amide bonds. The molecule has 0 saturated carbocycles. The van der Waals surface area contributed by atoms with Crippen molar-refractivity contribution in [1.82, 2.24) is 15.1 Å². The van der Waals surface area contributed by atoms with Gasteiger partial charge in [-0.15, -0.1) is 10.2 Å². The van der Waals surface area contributed by atoms with E-state index >= 15 is 0 Å². The van der Waals surface area contributed by atoms with Gasteiger partial charge in [0.05, 0.1) is 11.1 Å². The van der Waals surface area contributed by atoms with E-state index < -0.39 is 35.2 Å². The predicted molar refractivity (Wildman–Crippen MR) is 122 cm³/mol. The number of nitrogens with one attached hydrogen (secondary N) is 1. The number of nitrogens with zero attached hydrogens (tertiary/aromatic N) is 5. The highest BCUT2D eigenvalue weighted by Gasteiger charge is 2.37. The average Bonchev–Trinajstić information content (AvgIpc) is 2.83. The van der Waals surface area contributed by atoms with Gasteiger partial charge in [0, 0.05) is 45.0 Å². The summed E-state index contributed by atoms with van der Waals surface area (Å²) in [5.74, 6) is 2.14. The lowest BCUT2D eigenvalue weighted by molar-refractivity contribution is -0.143. The molecule has 2 aromatic rings. The molecule has 0 radical (unpaired) electrons. The third-order valence-corrected chi connectivity index (χ3v) is 6.47. The van der Waals surface area contributed by atoms with Gasteiger partial charge in [-0.1, -0.05) is 6.92 Å². The third-order valence-electron chi connectivity index (χ3n) is 6.47. The Morgan fingerprint density at radius 2 is 1.28 bits per heavy atom. The minimum atomic E-state index is -4.99. The zero-order valence-corrected chi connectivity index (χ0v) is 19.5. The SMILES string of the molecule is CC1CCN(c2ccc(N3CCN(C(=O)Nc4cc(C(F)(F)F)cc(C(F)(F)F)c4)CC3)nn2)CC1. The smallest absolute Gasteiger partial charge is 0.355 e. The molecule has 2 aliphatic rings. The molecule has 1 N–H and O–H groups in total. The first-order valence-corrected chi connectivity index (χ1v) is 11.6. The third kappa shape index (κ3) is 6.11. The molecule has 1 aromatic carbocycles. The normalized spacial score (nSPS) is 17.9. The molecule has 0 spiro atoms. The monoisotopic (exact) mass is 516 g/mol. The van der Waals surface area contributed by atoms with Crippen LogP contribution in [0.3, 0.4) is 0 Å². The van der Waals surface area contributed by atoms with Gasteiger partial charge in [0.15, 0.2) is 11.6 Å². The van der Waals surface area contributed by atoms with Gasteiger partial charge in [-0.25, -0.2) is 4.79 Å². The van der Waals surface area contributed by atoms with Crippen molar-refractivity contribution in [2.45, 2.75) is 32.1 Å². The number of alkyl halides is 6. The maximum absolute atomic E-state index is 13.1. The molecule has 2 saturated heterocycles. The standard InChI is InChI=1S/C23H26F6N6O/c1-15-4-6-33(7-5-15)19-2-3-20(32-31-19)34-8-10-35(11-9-34)21(36)30-18-13-16(22(24,25)26)12-17(14-18)23(27,28)29/h2-3,12-15H,4-11H2,1H3,(H,30,36). The number of amides is 2. The van der Waals surface area contributed by atoms with E-state index in [-0.39, 0.29) is 19.2 Å². The first-order chi connectivity index (χ1) is 16.9. The second-order valence-electron chi connectivity index (χ2n) is 9.12. The number of piperidine rings is 1. The molecule has 13 heteroatoms. The van der Waals surface area contributed by atoms with E-state index in [1.54, 1.807) is 0 Å². The molecule has 2 aliphatic heterocycles. The Bertz CT molecular complexity index is 1030. The number of urea groups is 1. The number of halogens is 6. The summed E-state index contributed by atoms with van der Waals surface area (Å²) in [5, 5.41) is 10.8. The predicted octanol–water partition coefficient (Wildman–Crippen LogP) is 5.10. The van der Waals surface area contributed by atoms with Crippen LogP contribution in [0.15, 0.2) is 30.3 Å². The Kier molecular flexibility index (Phi) is 7.19. The van der Waals surface area contributed by atoms with Crippen molar-refractivity contribution in [3.63, 3.8) is 0 Å². The maximum Gasteiger partial charge on any atom is 0.416 e. The van der Waals surface area contributed by atoms with Gasteiger partial charge in [-0.2, -0.15) is 26.3 Å². The summed E-state index contributed by atoms with van der Waals surface area (Å²) in [6, 6.07) is 3.99. The van der Waals surface area contributed by atoms with E-state index in [2.05, 4.69) is 27.3 Å². The van der Waals surface area contributed by atoms with E-state index in [0.29, 0.717) is 37.0 Å². The highest BCUT2D eigenvalue weighted by atomic mass is 19.4. The number of anilines is 3. The van der Waals surface area contributed by atoms with E-state index in [9.17, 15) is 31.1 Å². The van der Waals surface area contributed by atoms with Crippen molar-refractivity contribution >= 4 is 23.4 Å². The summed E-state index contributed by atoms with van der Waals surface area (Å²) in [6.07, 6.45) is -7.78. The van der Waals surface area contributed by atoms with Gasteiger partial charge >= 0.3 is 18.4 Å². The van der Waals surface area contributed by atoms with Crippen LogP contribution in [0.5, 0.6) is 0 Å². The maximum atomic E-state index is 13.1. The molecule has 0 atom stereocenters.